The van der Waals surface area contributed by atoms with Crippen LogP contribution in [-0.2, 0) is 6.54 Å². The van der Waals surface area contributed by atoms with Crippen molar-refractivity contribution in [3.8, 4) is 0 Å². The second-order valence-corrected chi connectivity index (χ2v) is 4.36. The van der Waals surface area contributed by atoms with E-state index < -0.39 is 0 Å². The molecule has 0 aliphatic rings. The maximum absolute atomic E-state index is 5.54. The van der Waals surface area contributed by atoms with Crippen LogP contribution < -0.4 is 5.73 Å². The fourth-order valence-corrected chi connectivity index (χ4v) is 1.87. The van der Waals surface area contributed by atoms with E-state index in [-0.39, 0.29) is 0 Å². The van der Waals surface area contributed by atoms with Gasteiger partial charge in [0.25, 0.3) is 0 Å². The summed E-state index contributed by atoms with van der Waals surface area (Å²) in [7, 11) is 2.17. The molecule has 0 fully saturated rings. The van der Waals surface area contributed by atoms with E-state index in [0.29, 0.717) is 5.92 Å². The molecule has 0 aliphatic carbocycles. The van der Waals surface area contributed by atoms with Gasteiger partial charge in [-0.25, -0.2) is 0 Å². The molecule has 0 bridgehead atoms. The van der Waals surface area contributed by atoms with Crippen molar-refractivity contribution < 1.29 is 0 Å². The molecule has 1 rings (SSSR count). The Morgan fingerprint density at radius 1 is 1.27 bits per heavy atom. The van der Waals surface area contributed by atoms with E-state index in [0.717, 1.165) is 26.1 Å². The Balaban J connectivity index is 2.33. The van der Waals surface area contributed by atoms with Crippen molar-refractivity contribution in [1.29, 1.82) is 0 Å². The topological polar surface area (TPSA) is 29.3 Å². The number of benzene rings is 1. The van der Waals surface area contributed by atoms with Gasteiger partial charge in [0.15, 0.2) is 0 Å². The highest BCUT2D eigenvalue weighted by atomic mass is 15.1. The summed E-state index contributed by atoms with van der Waals surface area (Å²) in [5.74, 6) is 0.684. The molecule has 0 heterocycles. The van der Waals surface area contributed by atoms with Crippen LogP contribution in [0.4, 0.5) is 0 Å². The smallest absolute Gasteiger partial charge is 0.0230 e. The predicted octanol–water partition coefficient (Wildman–Crippen LogP) is 2.10. The second kappa shape index (κ2) is 6.59. The monoisotopic (exact) mass is 206 g/mol. The van der Waals surface area contributed by atoms with Crippen LogP contribution in [0, 0.1) is 5.92 Å². The summed E-state index contributed by atoms with van der Waals surface area (Å²) in [5, 5.41) is 0. The Kier molecular flexibility index (Phi) is 5.37. The first-order valence-corrected chi connectivity index (χ1v) is 5.65. The number of nitrogens with two attached hydrogens (primary N) is 1. The Morgan fingerprint density at radius 3 is 2.53 bits per heavy atom. The number of nitrogens with zero attached hydrogens (tertiary/aromatic N) is 1. The summed E-state index contributed by atoms with van der Waals surface area (Å²) >= 11 is 0. The van der Waals surface area contributed by atoms with E-state index in [1.165, 1.54) is 5.56 Å². The van der Waals surface area contributed by atoms with Gasteiger partial charge in [-0.1, -0.05) is 37.3 Å². The number of rotatable bonds is 6. The molecule has 0 saturated heterocycles. The lowest BCUT2D eigenvalue weighted by atomic mass is 10.1. The molecule has 1 aromatic rings. The van der Waals surface area contributed by atoms with Gasteiger partial charge >= 0.3 is 0 Å². The predicted molar refractivity (Wildman–Crippen MR) is 65.6 cm³/mol. The minimum absolute atomic E-state index is 0.684. The second-order valence-electron chi connectivity index (χ2n) is 4.36. The summed E-state index contributed by atoms with van der Waals surface area (Å²) in [6, 6.07) is 10.6. The Labute approximate surface area is 93.1 Å². The van der Waals surface area contributed by atoms with Gasteiger partial charge in [0.1, 0.15) is 0 Å². The molecular weight excluding hydrogens is 184 g/mol. The normalized spacial score (nSPS) is 13.1. The van der Waals surface area contributed by atoms with Crippen LogP contribution in [0.15, 0.2) is 30.3 Å². The van der Waals surface area contributed by atoms with Crippen molar-refractivity contribution in [1.82, 2.24) is 4.90 Å². The molecule has 0 spiro atoms. The van der Waals surface area contributed by atoms with Crippen LogP contribution in [0.5, 0.6) is 0 Å². The summed E-state index contributed by atoms with van der Waals surface area (Å²) < 4.78 is 0. The van der Waals surface area contributed by atoms with Gasteiger partial charge in [0.05, 0.1) is 0 Å². The number of hydrogen-bond acceptors (Lipinski definition) is 2. The van der Waals surface area contributed by atoms with Gasteiger partial charge in [-0.05, 0) is 31.5 Å². The van der Waals surface area contributed by atoms with Gasteiger partial charge in [0.2, 0.25) is 0 Å². The van der Waals surface area contributed by atoms with Gasteiger partial charge in [0, 0.05) is 13.1 Å². The van der Waals surface area contributed by atoms with Gasteiger partial charge in [-0.15, -0.1) is 0 Å². The zero-order valence-corrected chi connectivity index (χ0v) is 9.82. The quantitative estimate of drug-likeness (QED) is 0.772. The largest absolute Gasteiger partial charge is 0.330 e. The molecule has 2 heteroatoms. The van der Waals surface area contributed by atoms with Gasteiger partial charge < -0.3 is 10.6 Å². The molecular formula is C13H22N2. The van der Waals surface area contributed by atoms with Crippen molar-refractivity contribution in [2.45, 2.75) is 19.9 Å². The maximum Gasteiger partial charge on any atom is 0.0230 e. The fourth-order valence-electron chi connectivity index (χ4n) is 1.87. The number of hydrogen-bond donors (Lipinski definition) is 1. The van der Waals surface area contributed by atoms with Crippen molar-refractivity contribution in [2.75, 3.05) is 20.1 Å². The highest BCUT2D eigenvalue weighted by molar-refractivity contribution is 5.14. The Bertz CT molecular complexity index is 258. The van der Waals surface area contributed by atoms with Crippen LogP contribution in [0.2, 0.25) is 0 Å². The minimum Gasteiger partial charge on any atom is -0.330 e. The highest BCUT2D eigenvalue weighted by Crippen LogP contribution is 2.07. The molecule has 15 heavy (non-hydrogen) atoms. The first-order chi connectivity index (χ1) is 7.22. The Hall–Kier alpha value is -0.860. The van der Waals surface area contributed by atoms with E-state index in [4.69, 9.17) is 5.73 Å². The van der Waals surface area contributed by atoms with E-state index in [1.54, 1.807) is 0 Å². The molecule has 0 aliphatic heterocycles. The summed E-state index contributed by atoms with van der Waals surface area (Å²) in [6.07, 6.45) is 1.11. The lowest BCUT2D eigenvalue weighted by molar-refractivity contribution is 0.273. The van der Waals surface area contributed by atoms with E-state index in [2.05, 4.69) is 49.2 Å². The van der Waals surface area contributed by atoms with E-state index >= 15 is 0 Å². The molecule has 0 amide bonds. The summed E-state index contributed by atoms with van der Waals surface area (Å²) in [4.78, 5) is 2.36. The maximum atomic E-state index is 5.54. The Morgan fingerprint density at radius 2 is 1.93 bits per heavy atom. The molecule has 1 unspecified atom stereocenters. The SMILES string of the molecule is CC(CCN)CN(C)Cc1ccccc1. The van der Waals surface area contributed by atoms with Crippen LogP contribution in [0.25, 0.3) is 0 Å². The molecule has 2 nitrogen and oxygen atoms in total. The summed E-state index contributed by atoms with van der Waals surface area (Å²) in [5.41, 5.74) is 6.91. The van der Waals surface area contributed by atoms with Crippen LogP contribution in [-0.4, -0.2) is 25.0 Å². The molecule has 1 aromatic carbocycles. The molecule has 84 valence electrons. The molecule has 2 N–H and O–H groups in total. The van der Waals surface area contributed by atoms with E-state index in [9.17, 15) is 0 Å². The van der Waals surface area contributed by atoms with Gasteiger partial charge in [-0.3, -0.25) is 0 Å². The van der Waals surface area contributed by atoms with Crippen LogP contribution in [0.3, 0.4) is 0 Å². The zero-order valence-electron chi connectivity index (χ0n) is 9.82. The van der Waals surface area contributed by atoms with Crippen molar-refractivity contribution in [2.24, 2.45) is 11.7 Å². The first kappa shape index (κ1) is 12.2. The standard InChI is InChI=1S/C13H22N2/c1-12(8-9-14)10-15(2)11-13-6-4-3-5-7-13/h3-7,12H,8-11,14H2,1-2H3. The average molecular weight is 206 g/mol. The molecule has 1 atom stereocenters. The zero-order chi connectivity index (χ0) is 11.1. The van der Waals surface area contributed by atoms with Crippen LogP contribution in [0.1, 0.15) is 18.9 Å². The third-order valence-corrected chi connectivity index (χ3v) is 2.58. The molecule has 0 saturated carbocycles. The van der Waals surface area contributed by atoms with Crippen molar-refractivity contribution in [3.63, 3.8) is 0 Å². The lowest BCUT2D eigenvalue weighted by Crippen LogP contribution is -2.25. The first-order valence-electron chi connectivity index (χ1n) is 5.65. The molecule has 0 radical (unpaired) electrons. The average Bonchev–Trinajstić information content (AvgIpc) is 2.19. The van der Waals surface area contributed by atoms with Gasteiger partial charge in [-0.2, -0.15) is 0 Å². The van der Waals surface area contributed by atoms with Crippen LogP contribution >= 0.6 is 0 Å². The molecule has 0 aromatic heterocycles. The van der Waals surface area contributed by atoms with Crippen molar-refractivity contribution in [3.05, 3.63) is 35.9 Å². The third-order valence-electron chi connectivity index (χ3n) is 2.58. The third kappa shape index (κ3) is 4.96. The van der Waals surface area contributed by atoms with E-state index in [1.807, 2.05) is 0 Å². The van der Waals surface area contributed by atoms with Crippen molar-refractivity contribution >= 4 is 0 Å². The lowest BCUT2D eigenvalue weighted by Gasteiger charge is -2.20. The highest BCUT2D eigenvalue weighted by Gasteiger charge is 2.05. The summed E-state index contributed by atoms with van der Waals surface area (Å²) in [6.45, 7) is 5.19. The minimum atomic E-state index is 0.684. The fraction of sp³-hybridized carbons (Fsp3) is 0.538.